The third-order valence-corrected chi connectivity index (χ3v) is 5.93. The van der Waals surface area contributed by atoms with Gasteiger partial charge in [-0.05, 0) is 68.3 Å². The van der Waals surface area contributed by atoms with Gasteiger partial charge in [0.1, 0.15) is 5.69 Å². The normalized spacial score (nSPS) is 10.7. The summed E-state index contributed by atoms with van der Waals surface area (Å²) in [5.74, 6) is -2.16. The van der Waals surface area contributed by atoms with Gasteiger partial charge in [0.25, 0.3) is 5.91 Å². The number of nitrogens with zero attached hydrogens (tertiary/aromatic N) is 1. The molecule has 0 radical (unpaired) electrons. The summed E-state index contributed by atoms with van der Waals surface area (Å²) < 4.78 is 2.16. The molecule has 3 N–H and O–H groups in total. The van der Waals surface area contributed by atoms with E-state index in [1.165, 1.54) is 4.68 Å². The third-order valence-electron chi connectivity index (χ3n) is 5.44. The molecule has 0 unspecified atom stereocenters. The van der Waals surface area contributed by atoms with Crippen molar-refractivity contribution >= 4 is 55.9 Å². The number of aryl methyl sites for hydroxylation is 3. The van der Waals surface area contributed by atoms with Crippen LogP contribution >= 0.6 is 15.9 Å². The first-order valence-electron chi connectivity index (χ1n) is 10.6. The number of anilines is 2. The molecular formula is C26H23BrN4O3. The predicted octanol–water partition coefficient (Wildman–Crippen LogP) is 5.29. The molecule has 1 heterocycles. The lowest BCUT2D eigenvalue weighted by atomic mass is 10.1. The maximum atomic E-state index is 13.2. The van der Waals surface area contributed by atoms with Crippen LogP contribution in [-0.2, 0) is 9.59 Å². The van der Waals surface area contributed by atoms with E-state index in [1.807, 2.05) is 57.2 Å². The van der Waals surface area contributed by atoms with Crippen LogP contribution in [0.1, 0.15) is 27.2 Å². The zero-order valence-electron chi connectivity index (χ0n) is 18.9. The highest BCUT2D eigenvalue weighted by Gasteiger charge is 2.22. The molecule has 1 aromatic heterocycles. The lowest BCUT2D eigenvalue weighted by Gasteiger charge is -2.14. The van der Waals surface area contributed by atoms with Gasteiger partial charge in [0.2, 0.25) is 0 Å². The molecule has 0 aliphatic heterocycles. The van der Waals surface area contributed by atoms with Crippen molar-refractivity contribution < 1.29 is 14.4 Å². The molecule has 4 aromatic rings. The number of amides is 3. The fraction of sp³-hybridized carbons (Fsp3) is 0.115. The molecule has 0 saturated heterocycles. The largest absolute Gasteiger partial charge is 0.328 e. The number of carbonyl (C=O) groups is 3. The third kappa shape index (κ3) is 4.87. The van der Waals surface area contributed by atoms with E-state index in [0.717, 1.165) is 26.5 Å². The van der Waals surface area contributed by atoms with Gasteiger partial charge in [-0.2, -0.15) is 0 Å². The van der Waals surface area contributed by atoms with Gasteiger partial charge in [0.05, 0.1) is 5.52 Å². The summed E-state index contributed by atoms with van der Waals surface area (Å²) in [5, 5.41) is 6.23. The summed E-state index contributed by atoms with van der Waals surface area (Å²) in [6.07, 6.45) is 0. The summed E-state index contributed by atoms with van der Waals surface area (Å²) >= 11 is 3.43. The lowest BCUT2D eigenvalue weighted by Crippen LogP contribution is -2.36. The Morgan fingerprint density at radius 1 is 0.765 bits per heavy atom. The Kier molecular flexibility index (Phi) is 6.51. The lowest BCUT2D eigenvalue weighted by molar-refractivity contribution is -0.133. The second-order valence-corrected chi connectivity index (χ2v) is 8.97. The molecular weight excluding hydrogens is 496 g/mol. The molecule has 3 amide bonds. The summed E-state index contributed by atoms with van der Waals surface area (Å²) in [4.78, 5) is 38.6. The molecule has 0 aliphatic carbocycles. The quantitative estimate of drug-likeness (QED) is 0.320. The summed E-state index contributed by atoms with van der Waals surface area (Å²) in [6.45, 7) is 5.72. The Bertz CT molecular complexity index is 1440. The molecule has 0 saturated carbocycles. The van der Waals surface area contributed by atoms with Crippen LogP contribution in [0.25, 0.3) is 10.9 Å². The summed E-state index contributed by atoms with van der Waals surface area (Å²) in [7, 11) is 0. The topological polar surface area (TPSA) is 92.2 Å². The summed E-state index contributed by atoms with van der Waals surface area (Å²) in [6, 6.07) is 19.9. The van der Waals surface area contributed by atoms with Crippen LogP contribution in [-0.4, -0.2) is 22.4 Å². The second kappa shape index (κ2) is 9.52. The maximum Gasteiger partial charge on any atom is 0.328 e. The van der Waals surface area contributed by atoms with Crippen LogP contribution in [0.3, 0.4) is 0 Å². The Balaban J connectivity index is 1.65. The van der Waals surface area contributed by atoms with Gasteiger partial charge in [-0.3, -0.25) is 19.8 Å². The average Bonchev–Trinajstić information content (AvgIpc) is 3.14. The van der Waals surface area contributed by atoms with E-state index < -0.39 is 17.7 Å². The van der Waals surface area contributed by atoms with Gasteiger partial charge in [-0.15, -0.1) is 0 Å². The number of para-hydroxylation sites is 1. The number of nitrogens with one attached hydrogen (secondary N) is 3. The summed E-state index contributed by atoms with van der Waals surface area (Å²) in [5.41, 5.74) is 7.36. The minimum atomic E-state index is -0.899. The van der Waals surface area contributed by atoms with Crippen LogP contribution in [0, 0.1) is 20.8 Å². The van der Waals surface area contributed by atoms with Gasteiger partial charge >= 0.3 is 11.8 Å². The molecule has 0 spiro atoms. The Hall–Kier alpha value is -3.91. The molecule has 3 aromatic carbocycles. The molecule has 7 nitrogen and oxygen atoms in total. The fourth-order valence-corrected chi connectivity index (χ4v) is 4.04. The van der Waals surface area contributed by atoms with Crippen molar-refractivity contribution in [3.8, 4) is 0 Å². The van der Waals surface area contributed by atoms with Crippen molar-refractivity contribution in [2.75, 3.05) is 16.1 Å². The molecule has 0 atom stereocenters. The molecule has 34 heavy (non-hydrogen) atoms. The van der Waals surface area contributed by atoms with E-state index in [-0.39, 0.29) is 5.69 Å². The van der Waals surface area contributed by atoms with Crippen molar-refractivity contribution in [1.82, 2.24) is 4.68 Å². The number of carbonyl (C=O) groups excluding carboxylic acids is 3. The minimum Gasteiger partial charge on any atom is -0.320 e. The molecule has 0 bridgehead atoms. The highest BCUT2D eigenvalue weighted by atomic mass is 79.9. The van der Waals surface area contributed by atoms with Gasteiger partial charge in [0, 0.05) is 21.2 Å². The van der Waals surface area contributed by atoms with E-state index in [2.05, 4.69) is 32.0 Å². The van der Waals surface area contributed by atoms with Crippen molar-refractivity contribution in [3.05, 3.63) is 93.6 Å². The van der Waals surface area contributed by atoms with Crippen molar-refractivity contribution in [3.63, 3.8) is 0 Å². The highest BCUT2D eigenvalue weighted by Crippen LogP contribution is 2.25. The number of hydrogen-bond donors (Lipinski definition) is 3. The highest BCUT2D eigenvalue weighted by molar-refractivity contribution is 9.10. The standard InChI is InChI=1S/C26H23BrN4O3/c1-15-8-10-21(17(3)12-15)28-24(32)23-14-18-13-19(27)9-11-22(18)31(23)30-26(34)25(33)29-20-7-5-4-6-16(20)2/h4-14H,1-3H3,(H,28,32)(H,29,33)(H,30,34). The van der Waals surface area contributed by atoms with Gasteiger partial charge in [-0.1, -0.05) is 51.8 Å². The average molecular weight is 519 g/mol. The SMILES string of the molecule is Cc1ccc(NC(=O)c2cc3cc(Br)ccc3n2NC(=O)C(=O)Nc2ccccc2C)c(C)c1. The monoisotopic (exact) mass is 518 g/mol. The van der Waals surface area contributed by atoms with E-state index in [9.17, 15) is 14.4 Å². The maximum absolute atomic E-state index is 13.2. The van der Waals surface area contributed by atoms with Crippen LogP contribution < -0.4 is 16.1 Å². The number of benzene rings is 3. The van der Waals surface area contributed by atoms with Crippen LogP contribution in [0.15, 0.2) is 71.2 Å². The minimum absolute atomic E-state index is 0.185. The number of aromatic nitrogens is 1. The van der Waals surface area contributed by atoms with Crippen molar-refractivity contribution in [2.45, 2.75) is 20.8 Å². The van der Waals surface area contributed by atoms with Crippen molar-refractivity contribution in [2.24, 2.45) is 0 Å². The first-order valence-corrected chi connectivity index (χ1v) is 11.4. The number of fused-ring (bicyclic) bond motifs is 1. The van der Waals surface area contributed by atoms with E-state index in [0.29, 0.717) is 16.9 Å². The van der Waals surface area contributed by atoms with Crippen molar-refractivity contribution in [1.29, 1.82) is 0 Å². The first kappa shape index (κ1) is 23.3. The van der Waals surface area contributed by atoms with E-state index >= 15 is 0 Å². The van der Waals surface area contributed by atoms with Crippen LogP contribution in [0.2, 0.25) is 0 Å². The zero-order chi connectivity index (χ0) is 24.4. The van der Waals surface area contributed by atoms with Gasteiger partial charge in [-0.25, -0.2) is 4.68 Å². The number of rotatable bonds is 4. The van der Waals surface area contributed by atoms with E-state index in [1.54, 1.807) is 30.3 Å². The fourth-order valence-electron chi connectivity index (χ4n) is 3.66. The Morgan fingerprint density at radius 3 is 2.24 bits per heavy atom. The Morgan fingerprint density at radius 2 is 1.50 bits per heavy atom. The van der Waals surface area contributed by atoms with Gasteiger partial charge in [0.15, 0.2) is 0 Å². The predicted molar refractivity (Wildman–Crippen MR) is 138 cm³/mol. The molecule has 0 aliphatic rings. The zero-order valence-corrected chi connectivity index (χ0v) is 20.5. The first-order chi connectivity index (χ1) is 16.2. The number of halogens is 1. The smallest absolute Gasteiger partial charge is 0.320 e. The molecule has 172 valence electrons. The molecule has 4 rings (SSSR count). The van der Waals surface area contributed by atoms with Crippen LogP contribution in [0.4, 0.5) is 11.4 Å². The Labute approximate surface area is 205 Å². The second-order valence-electron chi connectivity index (χ2n) is 8.05. The number of hydrogen-bond acceptors (Lipinski definition) is 3. The molecule has 8 heteroatoms. The van der Waals surface area contributed by atoms with Crippen LogP contribution in [0.5, 0.6) is 0 Å². The molecule has 0 fully saturated rings. The van der Waals surface area contributed by atoms with E-state index in [4.69, 9.17) is 0 Å². The van der Waals surface area contributed by atoms with Gasteiger partial charge < -0.3 is 10.6 Å².